The summed E-state index contributed by atoms with van der Waals surface area (Å²) in [4.78, 5) is 1.42. The van der Waals surface area contributed by atoms with Crippen molar-refractivity contribution in [3.8, 4) is 0 Å². The van der Waals surface area contributed by atoms with Gasteiger partial charge in [0, 0.05) is 10.9 Å². The monoisotopic (exact) mass is 167 g/mol. The van der Waals surface area contributed by atoms with Crippen LogP contribution in [0.4, 0.5) is 0 Å². The molecular formula is C9H13NS. The van der Waals surface area contributed by atoms with Gasteiger partial charge in [-0.1, -0.05) is 0 Å². The second-order valence-electron chi connectivity index (χ2n) is 3.14. The zero-order valence-corrected chi connectivity index (χ0v) is 7.58. The Balaban J connectivity index is 2.15. The summed E-state index contributed by atoms with van der Waals surface area (Å²) in [6, 6.07) is 2.95. The van der Waals surface area contributed by atoms with E-state index in [0.717, 1.165) is 0 Å². The highest BCUT2D eigenvalue weighted by Crippen LogP contribution is 2.26. The fourth-order valence-electron chi connectivity index (χ4n) is 1.62. The van der Waals surface area contributed by atoms with Crippen molar-refractivity contribution in [2.75, 3.05) is 6.54 Å². The van der Waals surface area contributed by atoms with E-state index in [1.165, 1.54) is 29.8 Å². The fourth-order valence-corrected chi connectivity index (χ4v) is 2.37. The van der Waals surface area contributed by atoms with Crippen molar-refractivity contribution in [3.63, 3.8) is 0 Å². The van der Waals surface area contributed by atoms with Crippen LogP contribution >= 0.6 is 11.3 Å². The van der Waals surface area contributed by atoms with Crippen molar-refractivity contribution < 1.29 is 0 Å². The molecule has 11 heavy (non-hydrogen) atoms. The molecule has 1 aromatic rings. The molecule has 0 unspecified atom stereocenters. The van der Waals surface area contributed by atoms with Crippen molar-refractivity contribution in [2.45, 2.75) is 25.8 Å². The van der Waals surface area contributed by atoms with E-state index < -0.39 is 0 Å². The van der Waals surface area contributed by atoms with Crippen LogP contribution < -0.4 is 5.32 Å². The Bertz CT molecular complexity index is 235. The molecule has 1 aliphatic rings. The number of thiophene rings is 1. The molecule has 0 spiro atoms. The fraction of sp³-hybridized carbons (Fsp3) is 0.556. The van der Waals surface area contributed by atoms with Gasteiger partial charge in [-0.2, -0.15) is 0 Å². The highest BCUT2D eigenvalue weighted by atomic mass is 32.1. The zero-order chi connectivity index (χ0) is 7.68. The number of rotatable bonds is 1. The van der Waals surface area contributed by atoms with Crippen LogP contribution in [0.15, 0.2) is 11.4 Å². The first kappa shape index (κ1) is 7.32. The standard InChI is InChI=1S/C9H13NS/c1-7-5-8(6-11-7)9-3-2-4-10-9/h5-6,9-10H,2-4H2,1H3/t9-/m1/s1. The van der Waals surface area contributed by atoms with Crippen molar-refractivity contribution in [1.29, 1.82) is 0 Å². The molecule has 1 N–H and O–H groups in total. The van der Waals surface area contributed by atoms with E-state index in [0.29, 0.717) is 6.04 Å². The normalized spacial score (nSPS) is 24.3. The molecule has 0 bridgehead atoms. The summed E-state index contributed by atoms with van der Waals surface area (Å²) in [7, 11) is 0. The SMILES string of the molecule is Cc1cc([C@H]2CCCN2)cs1. The summed E-state index contributed by atoms with van der Waals surface area (Å²) < 4.78 is 0. The second-order valence-corrected chi connectivity index (χ2v) is 4.25. The second kappa shape index (κ2) is 2.95. The Hall–Kier alpha value is -0.340. The van der Waals surface area contributed by atoms with Gasteiger partial charge in [0.1, 0.15) is 0 Å². The maximum atomic E-state index is 3.49. The van der Waals surface area contributed by atoms with E-state index in [1.54, 1.807) is 0 Å². The number of hydrogen-bond donors (Lipinski definition) is 1. The summed E-state index contributed by atoms with van der Waals surface area (Å²) in [6.45, 7) is 3.36. The lowest BCUT2D eigenvalue weighted by Gasteiger charge is -2.05. The van der Waals surface area contributed by atoms with Crippen LogP contribution in [0.5, 0.6) is 0 Å². The Kier molecular flexibility index (Phi) is 1.96. The third-order valence-electron chi connectivity index (χ3n) is 2.21. The lowest BCUT2D eigenvalue weighted by Crippen LogP contribution is -2.11. The highest BCUT2D eigenvalue weighted by Gasteiger charge is 2.16. The first-order valence-corrected chi connectivity index (χ1v) is 5.02. The van der Waals surface area contributed by atoms with E-state index in [2.05, 4.69) is 23.7 Å². The molecule has 0 radical (unpaired) electrons. The average Bonchev–Trinajstić information content (AvgIpc) is 2.55. The maximum Gasteiger partial charge on any atom is 0.0329 e. The van der Waals surface area contributed by atoms with Gasteiger partial charge in [0.05, 0.1) is 0 Å². The van der Waals surface area contributed by atoms with Crippen molar-refractivity contribution in [2.24, 2.45) is 0 Å². The molecule has 1 atom stereocenters. The maximum absolute atomic E-state index is 3.49. The lowest BCUT2D eigenvalue weighted by atomic mass is 10.1. The average molecular weight is 167 g/mol. The van der Waals surface area contributed by atoms with Crippen LogP contribution in [0.25, 0.3) is 0 Å². The molecule has 1 aromatic heterocycles. The Morgan fingerprint density at radius 2 is 2.55 bits per heavy atom. The van der Waals surface area contributed by atoms with E-state index in [-0.39, 0.29) is 0 Å². The molecule has 0 aromatic carbocycles. The van der Waals surface area contributed by atoms with Gasteiger partial charge in [-0.25, -0.2) is 0 Å². The predicted molar refractivity (Wildman–Crippen MR) is 49.0 cm³/mol. The minimum Gasteiger partial charge on any atom is -0.310 e. The van der Waals surface area contributed by atoms with E-state index >= 15 is 0 Å². The largest absolute Gasteiger partial charge is 0.310 e. The molecule has 0 aliphatic carbocycles. The van der Waals surface area contributed by atoms with E-state index in [1.807, 2.05) is 11.3 Å². The van der Waals surface area contributed by atoms with Crippen LogP contribution in [-0.2, 0) is 0 Å². The van der Waals surface area contributed by atoms with Gasteiger partial charge in [0.2, 0.25) is 0 Å². The zero-order valence-electron chi connectivity index (χ0n) is 6.76. The molecular weight excluding hydrogens is 154 g/mol. The minimum atomic E-state index is 0.653. The molecule has 2 heteroatoms. The quantitative estimate of drug-likeness (QED) is 0.677. The van der Waals surface area contributed by atoms with Crippen molar-refractivity contribution in [1.82, 2.24) is 5.32 Å². The predicted octanol–water partition coefficient (Wildman–Crippen LogP) is 2.48. The molecule has 60 valence electrons. The van der Waals surface area contributed by atoms with E-state index in [4.69, 9.17) is 0 Å². The molecule has 2 rings (SSSR count). The molecule has 0 saturated carbocycles. The summed E-state index contributed by atoms with van der Waals surface area (Å²) in [6.07, 6.45) is 2.65. The van der Waals surface area contributed by atoms with Crippen LogP contribution in [0.1, 0.15) is 29.3 Å². The number of aryl methyl sites for hydroxylation is 1. The van der Waals surface area contributed by atoms with Crippen molar-refractivity contribution in [3.05, 3.63) is 21.9 Å². The molecule has 1 saturated heterocycles. The summed E-state index contributed by atoms with van der Waals surface area (Å²) in [5.74, 6) is 0. The van der Waals surface area contributed by atoms with Gasteiger partial charge < -0.3 is 5.32 Å². The molecule has 1 fully saturated rings. The van der Waals surface area contributed by atoms with Gasteiger partial charge in [-0.05, 0) is 43.3 Å². The van der Waals surface area contributed by atoms with Gasteiger partial charge >= 0.3 is 0 Å². The van der Waals surface area contributed by atoms with Gasteiger partial charge in [0.25, 0.3) is 0 Å². The smallest absolute Gasteiger partial charge is 0.0329 e. The summed E-state index contributed by atoms with van der Waals surface area (Å²) >= 11 is 1.85. The van der Waals surface area contributed by atoms with Gasteiger partial charge in [-0.15, -0.1) is 11.3 Å². The van der Waals surface area contributed by atoms with Gasteiger partial charge in [-0.3, -0.25) is 0 Å². The molecule has 1 nitrogen and oxygen atoms in total. The lowest BCUT2D eigenvalue weighted by molar-refractivity contribution is 0.650. The number of nitrogens with one attached hydrogen (secondary N) is 1. The minimum absolute atomic E-state index is 0.653. The van der Waals surface area contributed by atoms with E-state index in [9.17, 15) is 0 Å². The number of hydrogen-bond acceptors (Lipinski definition) is 2. The summed E-state index contributed by atoms with van der Waals surface area (Å²) in [5, 5.41) is 5.77. The Labute approximate surface area is 71.4 Å². The van der Waals surface area contributed by atoms with Crippen LogP contribution in [-0.4, -0.2) is 6.54 Å². The first-order chi connectivity index (χ1) is 5.36. The Morgan fingerprint density at radius 3 is 3.09 bits per heavy atom. The third kappa shape index (κ3) is 1.47. The Morgan fingerprint density at radius 1 is 1.64 bits per heavy atom. The van der Waals surface area contributed by atoms with Gasteiger partial charge in [0.15, 0.2) is 0 Å². The first-order valence-electron chi connectivity index (χ1n) is 4.15. The topological polar surface area (TPSA) is 12.0 Å². The third-order valence-corrected chi connectivity index (χ3v) is 3.09. The molecule has 0 amide bonds. The summed E-state index contributed by atoms with van der Waals surface area (Å²) in [5.41, 5.74) is 1.49. The van der Waals surface area contributed by atoms with Crippen LogP contribution in [0, 0.1) is 6.92 Å². The highest BCUT2D eigenvalue weighted by molar-refractivity contribution is 7.10. The molecule has 2 heterocycles. The van der Waals surface area contributed by atoms with Crippen LogP contribution in [0.2, 0.25) is 0 Å². The van der Waals surface area contributed by atoms with Crippen LogP contribution in [0.3, 0.4) is 0 Å². The van der Waals surface area contributed by atoms with Crippen molar-refractivity contribution >= 4 is 11.3 Å². The molecule has 1 aliphatic heterocycles.